The third-order valence-corrected chi connectivity index (χ3v) is 7.67. The number of aliphatic hydroxyl groups excluding tert-OH is 2. The number of nitrogen functional groups attached to an aromatic ring is 1. The van der Waals surface area contributed by atoms with Crippen LogP contribution in [0.25, 0.3) is 0 Å². The van der Waals surface area contributed by atoms with Gasteiger partial charge >= 0.3 is 0 Å². The summed E-state index contributed by atoms with van der Waals surface area (Å²) >= 11 is 11.9. The molecule has 2 aliphatic rings. The number of rotatable bonds is 6. The first-order chi connectivity index (χ1) is 16.2. The molecule has 0 spiro atoms. The lowest BCUT2D eigenvalue weighted by atomic mass is 9.80. The highest BCUT2D eigenvalue weighted by molar-refractivity contribution is 6.31. The van der Waals surface area contributed by atoms with Gasteiger partial charge in [-0.15, -0.1) is 0 Å². The average Bonchev–Trinajstić information content (AvgIpc) is 2.83. The Labute approximate surface area is 209 Å². The molecule has 2 aromatic rings. The normalized spacial score (nSPS) is 19.8. The molecule has 4 N–H and O–H groups in total. The van der Waals surface area contributed by atoms with Gasteiger partial charge in [0.05, 0.1) is 28.5 Å². The second-order valence-corrected chi connectivity index (χ2v) is 10.1. The number of hydrogen-bond acceptors (Lipinski definition) is 7. The fourth-order valence-corrected chi connectivity index (χ4v) is 5.59. The van der Waals surface area contributed by atoms with E-state index < -0.39 is 17.1 Å². The SMILES string of the molecule is Nc1cc(Cl)ccc1N1CCC(C(O)C(O)C2CCN(c3ccc(Cl)cc3[N+](=O)[O-])CC2)CC1. The number of nitro groups is 1. The van der Waals surface area contributed by atoms with Crippen molar-refractivity contribution in [3.8, 4) is 0 Å². The molecule has 34 heavy (non-hydrogen) atoms. The lowest BCUT2D eigenvalue weighted by molar-refractivity contribution is -0.384. The third-order valence-electron chi connectivity index (χ3n) is 7.20. The van der Waals surface area contributed by atoms with Crippen LogP contribution in [-0.2, 0) is 0 Å². The Kier molecular flexibility index (Phi) is 7.72. The molecule has 8 nitrogen and oxygen atoms in total. The monoisotopic (exact) mass is 508 g/mol. The van der Waals surface area contributed by atoms with E-state index in [2.05, 4.69) is 4.90 Å². The second-order valence-electron chi connectivity index (χ2n) is 9.22. The predicted octanol–water partition coefficient (Wildman–Crippen LogP) is 4.34. The first-order valence-electron chi connectivity index (χ1n) is 11.6. The Morgan fingerprint density at radius 3 is 1.76 bits per heavy atom. The van der Waals surface area contributed by atoms with Crippen molar-refractivity contribution in [3.05, 3.63) is 56.6 Å². The molecule has 2 heterocycles. The van der Waals surface area contributed by atoms with E-state index in [1.165, 1.54) is 6.07 Å². The maximum absolute atomic E-state index is 11.4. The molecule has 2 aromatic carbocycles. The van der Waals surface area contributed by atoms with Crippen molar-refractivity contribution in [2.75, 3.05) is 41.7 Å². The molecule has 0 amide bonds. The fourth-order valence-electron chi connectivity index (χ4n) is 5.25. The molecule has 0 saturated carbocycles. The van der Waals surface area contributed by atoms with Crippen molar-refractivity contribution < 1.29 is 15.1 Å². The zero-order valence-corrected chi connectivity index (χ0v) is 20.3. The van der Waals surface area contributed by atoms with Gasteiger partial charge in [-0.1, -0.05) is 23.2 Å². The Balaban J connectivity index is 1.31. The number of aliphatic hydroxyl groups is 2. The van der Waals surface area contributed by atoms with Gasteiger partial charge < -0.3 is 25.7 Å². The number of anilines is 3. The van der Waals surface area contributed by atoms with Gasteiger partial charge in [0.2, 0.25) is 0 Å². The molecule has 2 fully saturated rings. The van der Waals surface area contributed by atoms with Crippen LogP contribution in [0, 0.1) is 22.0 Å². The third kappa shape index (κ3) is 5.35. The van der Waals surface area contributed by atoms with Crippen LogP contribution in [0.15, 0.2) is 36.4 Å². The molecule has 0 aromatic heterocycles. The van der Waals surface area contributed by atoms with E-state index in [1.807, 2.05) is 17.0 Å². The first-order valence-corrected chi connectivity index (χ1v) is 12.3. The van der Waals surface area contributed by atoms with Gasteiger partial charge in [0, 0.05) is 42.3 Å². The van der Waals surface area contributed by atoms with E-state index in [9.17, 15) is 20.3 Å². The Morgan fingerprint density at radius 2 is 1.29 bits per heavy atom. The Morgan fingerprint density at radius 1 is 0.853 bits per heavy atom. The van der Waals surface area contributed by atoms with Crippen molar-refractivity contribution in [1.82, 2.24) is 0 Å². The zero-order chi connectivity index (χ0) is 24.4. The van der Waals surface area contributed by atoms with Crippen molar-refractivity contribution in [2.24, 2.45) is 11.8 Å². The van der Waals surface area contributed by atoms with Crippen LogP contribution in [0.2, 0.25) is 10.0 Å². The lowest BCUT2D eigenvalue weighted by Crippen LogP contribution is -2.47. The minimum absolute atomic E-state index is 0.00940. The standard InChI is InChI=1S/C24H30Cl2N4O4/c25-17-1-3-20(19(27)13-17)28-9-5-15(6-10-28)23(31)24(32)16-7-11-29(12-8-16)21-4-2-18(26)14-22(21)30(33)34/h1-4,13-16,23-24,31-32H,5-12,27H2. The highest BCUT2D eigenvalue weighted by atomic mass is 35.5. The smallest absolute Gasteiger partial charge is 0.294 e. The zero-order valence-electron chi connectivity index (χ0n) is 18.8. The van der Waals surface area contributed by atoms with Gasteiger partial charge in [-0.25, -0.2) is 0 Å². The summed E-state index contributed by atoms with van der Waals surface area (Å²) < 4.78 is 0. The van der Waals surface area contributed by atoms with Crippen LogP contribution < -0.4 is 15.5 Å². The number of nitrogens with two attached hydrogens (primary N) is 1. The van der Waals surface area contributed by atoms with Gasteiger partial charge in [0.15, 0.2) is 0 Å². The number of nitro benzene ring substituents is 1. The predicted molar refractivity (Wildman–Crippen MR) is 136 cm³/mol. The minimum atomic E-state index is -0.820. The highest BCUT2D eigenvalue weighted by Gasteiger charge is 2.36. The number of halogens is 2. The summed E-state index contributed by atoms with van der Waals surface area (Å²) in [7, 11) is 0. The molecule has 2 saturated heterocycles. The summed E-state index contributed by atoms with van der Waals surface area (Å²) in [4.78, 5) is 15.2. The van der Waals surface area contributed by atoms with Crippen LogP contribution in [0.1, 0.15) is 25.7 Å². The average molecular weight is 509 g/mol. The number of benzene rings is 2. The van der Waals surface area contributed by atoms with Crippen molar-refractivity contribution in [3.63, 3.8) is 0 Å². The molecule has 0 bridgehead atoms. The summed E-state index contributed by atoms with van der Waals surface area (Å²) in [6, 6.07) is 10.2. The maximum Gasteiger partial charge on any atom is 0.294 e. The maximum atomic E-state index is 11.4. The largest absolute Gasteiger partial charge is 0.397 e. The first kappa shape index (κ1) is 24.9. The lowest BCUT2D eigenvalue weighted by Gasteiger charge is -2.41. The summed E-state index contributed by atoms with van der Waals surface area (Å²) in [6.45, 7) is 2.65. The summed E-state index contributed by atoms with van der Waals surface area (Å²) in [6.07, 6.45) is 1.20. The second kappa shape index (κ2) is 10.6. The molecule has 10 heteroatoms. The van der Waals surface area contributed by atoms with Crippen molar-refractivity contribution >= 4 is 46.0 Å². The van der Waals surface area contributed by atoms with Gasteiger partial charge in [-0.05, 0) is 67.9 Å². The molecule has 184 valence electrons. The van der Waals surface area contributed by atoms with E-state index in [0.29, 0.717) is 47.4 Å². The topological polar surface area (TPSA) is 116 Å². The highest BCUT2D eigenvalue weighted by Crippen LogP contribution is 2.36. The molecule has 0 aliphatic carbocycles. The van der Waals surface area contributed by atoms with Gasteiger partial charge in [0.25, 0.3) is 5.69 Å². The molecule has 2 aliphatic heterocycles. The number of hydrogen-bond donors (Lipinski definition) is 3. The molecule has 2 atom stereocenters. The molecular formula is C24H30Cl2N4O4. The molecular weight excluding hydrogens is 479 g/mol. The van der Waals surface area contributed by atoms with E-state index in [0.717, 1.165) is 31.6 Å². The van der Waals surface area contributed by atoms with Crippen LogP contribution in [0.5, 0.6) is 0 Å². The van der Waals surface area contributed by atoms with Crippen molar-refractivity contribution in [2.45, 2.75) is 37.9 Å². The minimum Gasteiger partial charge on any atom is -0.397 e. The molecule has 2 unspecified atom stereocenters. The van der Waals surface area contributed by atoms with Crippen LogP contribution in [0.3, 0.4) is 0 Å². The summed E-state index contributed by atoms with van der Waals surface area (Å²) in [5, 5.41) is 34.3. The van der Waals surface area contributed by atoms with E-state index in [1.54, 1.807) is 18.2 Å². The van der Waals surface area contributed by atoms with Crippen molar-refractivity contribution in [1.29, 1.82) is 0 Å². The molecule has 4 rings (SSSR count). The van der Waals surface area contributed by atoms with E-state index >= 15 is 0 Å². The number of piperidine rings is 2. The fraction of sp³-hybridized carbons (Fsp3) is 0.500. The van der Waals surface area contributed by atoms with E-state index in [-0.39, 0.29) is 17.5 Å². The Bertz CT molecular complexity index is 1020. The van der Waals surface area contributed by atoms with Crippen LogP contribution in [-0.4, -0.2) is 53.5 Å². The van der Waals surface area contributed by atoms with Crippen LogP contribution >= 0.6 is 23.2 Å². The van der Waals surface area contributed by atoms with E-state index in [4.69, 9.17) is 28.9 Å². The summed E-state index contributed by atoms with van der Waals surface area (Å²) in [5.74, 6) is -0.0438. The summed E-state index contributed by atoms with van der Waals surface area (Å²) in [5.41, 5.74) is 8.22. The Hall–Kier alpha value is -2.26. The van der Waals surface area contributed by atoms with Crippen LogP contribution in [0.4, 0.5) is 22.7 Å². The molecule has 0 radical (unpaired) electrons. The van der Waals surface area contributed by atoms with Gasteiger partial charge in [-0.3, -0.25) is 10.1 Å². The number of nitrogens with zero attached hydrogens (tertiary/aromatic N) is 3. The quantitative estimate of drug-likeness (QED) is 0.301. The van der Waals surface area contributed by atoms with Gasteiger partial charge in [-0.2, -0.15) is 0 Å². The van der Waals surface area contributed by atoms with Gasteiger partial charge in [0.1, 0.15) is 5.69 Å².